The van der Waals surface area contributed by atoms with Gasteiger partial charge in [-0.15, -0.1) is 0 Å². The van der Waals surface area contributed by atoms with E-state index in [1.807, 2.05) is 12.1 Å². The number of rotatable bonds is 5. The molecule has 0 aliphatic heterocycles. The summed E-state index contributed by atoms with van der Waals surface area (Å²) in [5, 5.41) is 0. The second kappa shape index (κ2) is 6.65. The molecule has 0 fully saturated rings. The van der Waals surface area contributed by atoms with Gasteiger partial charge in [0.15, 0.2) is 0 Å². The van der Waals surface area contributed by atoms with Crippen LogP contribution in [0.1, 0.15) is 51.2 Å². The molecular formula is C19H23BrO. The van der Waals surface area contributed by atoms with Crippen LogP contribution >= 0.6 is 15.9 Å². The summed E-state index contributed by atoms with van der Waals surface area (Å²) >= 11 is 3.47. The average Bonchev–Trinajstić information content (AvgIpc) is 2.47. The minimum Gasteiger partial charge on any atom is -0.483 e. The van der Waals surface area contributed by atoms with E-state index < -0.39 is 0 Å². The molecule has 2 rings (SSSR count). The Morgan fingerprint density at radius 3 is 2.10 bits per heavy atom. The van der Waals surface area contributed by atoms with Gasteiger partial charge in [0.25, 0.3) is 0 Å². The highest BCUT2D eigenvalue weighted by Gasteiger charge is 2.22. The smallest absolute Gasteiger partial charge is 0.128 e. The summed E-state index contributed by atoms with van der Waals surface area (Å²) in [6.07, 6.45) is 1.16. The lowest BCUT2D eigenvalue weighted by Crippen LogP contribution is -2.25. The van der Waals surface area contributed by atoms with Gasteiger partial charge < -0.3 is 4.74 Å². The maximum Gasteiger partial charge on any atom is 0.128 e. The molecule has 112 valence electrons. The Bertz CT molecular complexity index is 570. The van der Waals surface area contributed by atoms with Gasteiger partial charge in [0.05, 0.1) is 0 Å². The van der Waals surface area contributed by atoms with Crippen molar-refractivity contribution in [1.29, 1.82) is 0 Å². The van der Waals surface area contributed by atoms with E-state index in [1.54, 1.807) is 0 Å². The van der Waals surface area contributed by atoms with Crippen molar-refractivity contribution in [1.82, 2.24) is 0 Å². The summed E-state index contributed by atoms with van der Waals surface area (Å²) in [6.45, 7) is 8.66. The zero-order chi connectivity index (χ0) is 15.5. The summed E-state index contributed by atoms with van der Waals surface area (Å²) < 4.78 is 7.26. The molecule has 0 radical (unpaired) electrons. The molecule has 2 aromatic rings. The normalized spacial score (nSPS) is 13.0. The molecule has 0 spiro atoms. The van der Waals surface area contributed by atoms with Crippen LogP contribution in [-0.4, -0.2) is 0 Å². The standard InChI is InChI=1S/C19H23BrO/c1-5-14(2)15-6-12-18(13-7-15)21-19(3,4)16-8-10-17(20)11-9-16/h6-14H,5H2,1-4H3. The second-order valence-electron chi connectivity index (χ2n) is 6.00. The fourth-order valence-electron chi connectivity index (χ4n) is 2.30. The van der Waals surface area contributed by atoms with Crippen molar-refractivity contribution in [3.63, 3.8) is 0 Å². The second-order valence-corrected chi connectivity index (χ2v) is 6.91. The molecule has 0 saturated heterocycles. The predicted molar refractivity (Wildman–Crippen MR) is 92.9 cm³/mol. The van der Waals surface area contributed by atoms with E-state index >= 15 is 0 Å². The summed E-state index contributed by atoms with van der Waals surface area (Å²) in [5.41, 5.74) is 2.18. The fraction of sp³-hybridized carbons (Fsp3) is 0.368. The van der Waals surface area contributed by atoms with Crippen molar-refractivity contribution in [2.45, 2.75) is 45.6 Å². The predicted octanol–water partition coefficient (Wildman–Crippen LogP) is 6.28. The average molecular weight is 347 g/mol. The maximum absolute atomic E-state index is 6.18. The monoisotopic (exact) mass is 346 g/mol. The first-order valence-electron chi connectivity index (χ1n) is 7.47. The maximum atomic E-state index is 6.18. The Hall–Kier alpha value is -1.28. The zero-order valence-corrected chi connectivity index (χ0v) is 14.8. The Kier molecular flexibility index (Phi) is 5.10. The van der Waals surface area contributed by atoms with E-state index in [-0.39, 0.29) is 5.60 Å². The van der Waals surface area contributed by atoms with Gasteiger partial charge in [0, 0.05) is 4.47 Å². The lowest BCUT2D eigenvalue weighted by Gasteiger charge is -2.27. The van der Waals surface area contributed by atoms with Crippen LogP contribution in [0.3, 0.4) is 0 Å². The largest absolute Gasteiger partial charge is 0.483 e. The quantitative estimate of drug-likeness (QED) is 0.619. The summed E-state index contributed by atoms with van der Waals surface area (Å²) in [4.78, 5) is 0. The first-order valence-corrected chi connectivity index (χ1v) is 8.26. The van der Waals surface area contributed by atoms with Crippen LogP contribution in [0.2, 0.25) is 0 Å². The molecule has 0 saturated carbocycles. The summed E-state index contributed by atoms with van der Waals surface area (Å²) in [7, 11) is 0. The third kappa shape index (κ3) is 4.10. The molecule has 1 unspecified atom stereocenters. The number of halogens is 1. The molecule has 2 heteroatoms. The first-order chi connectivity index (χ1) is 9.92. The molecule has 0 aliphatic rings. The van der Waals surface area contributed by atoms with Crippen LogP contribution in [0.4, 0.5) is 0 Å². The minimum atomic E-state index is -0.349. The van der Waals surface area contributed by atoms with Gasteiger partial charge in [-0.3, -0.25) is 0 Å². The Morgan fingerprint density at radius 2 is 1.57 bits per heavy atom. The molecule has 2 aromatic carbocycles. The molecule has 0 aromatic heterocycles. The first kappa shape index (κ1) is 16.1. The van der Waals surface area contributed by atoms with Crippen LogP contribution in [0.5, 0.6) is 5.75 Å². The zero-order valence-electron chi connectivity index (χ0n) is 13.2. The van der Waals surface area contributed by atoms with Gasteiger partial charge in [0.2, 0.25) is 0 Å². The van der Waals surface area contributed by atoms with Crippen molar-refractivity contribution < 1.29 is 4.74 Å². The van der Waals surface area contributed by atoms with Crippen molar-refractivity contribution in [2.75, 3.05) is 0 Å². The van der Waals surface area contributed by atoms with Crippen LogP contribution in [0.15, 0.2) is 53.0 Å². The Balaban J connectivity index is 2.14. The third-order valence-corrected chi connectivity index (χ3v) is 4.50. The van der Waals surface area contributed by atoms with E-state index in [9.17, 15) is 0 Å². The lowest BCUT2D eigenvalue weighted by atomic mass is 9.97. The highest BCUT2D eigenvalue weighted by molar-refractivity contribution is 9.10. The lowest BCUT2D eigenvalue weighted by molar-refractivity contribution is 0.109. The van der Waals surface area contributed by atoms with E-state index in [0.29, 0.717) is 5.92 Å². The van der Waals surface area contributed by atoms with Gasteiger partial charge in [0.1, 0.15) is 11.4 Å². The van der Waals surface area contributed by atoms with Gasteiger partial charge in [-0.2, -0.15) is 0 Å². The number of benzene rings is 2. The highest BCUT2D eigenvalue weighted by atomic mass is 79.9. The van der Waals surface area contributed by atoms with Crippen molar-refractivity contribution in [2.24, 2.45) is 0 Å². The van der Waals surface area contributed by atoms with Crippen molar-refractivity contribution in [3.8, 4) is 5.75 Å². The Labute approximate surface area is 136 Å². The topological polar surface area (TPSA) is 9.23 Å². The summed E-state index contributed by atoms with van der Waals surface area (Å²) in [5.74, 6) is 1.51. The van der Waals surface area contributed by atoms with Crippen molar-refractivity contribution >= 4 is 15.9 Å². The SMILES string of the molecule is CCC(C)c1ccc(OC(C)(C)c2ccc(Br)cc2)cc1. The highest BCUT2D eigenvalue weighted by Crippen LogP contribution is 2.30. The van der Waals surface area contributed by atoms with Crippen LogP contribution in [0, 0.1) is 0 Å². The van der Waals surface area contributed by atoms with E-state index in [2.05, 4.69) is 80.0 Å². The van der Waals surface area contributed by atoms with E-state index in [1.165, 1.54) is 5.56 Å². The van der Waals surface area contributed by atoms with Crippen LogP contribution in [-0.2, 0) is 5.60 Å². The van der Waals surface area contributed by atoms with Gasteiger partial charge in [-0.1, -0.05) is 54.0 Å². The molecule has 0 aliphatic carbocycles. The van der Waals surface area contributed by atoms with E-state index in [4.69, 9.17) is 4.74 Å². The molecule has 0 amide bonds. The van der Waals surface area contributed by atoms with Gasteiger partial charge in [-0.05, 0) is 61.6 Å². The Morgan fingerprint density at radius 1 is 1.00 bits per heavy atom. The number of hydrogen-bond acceptors (Lipinski definition) is 1. The molecule has 0 bridgehead atoms. The fourth-order valence-corrected chi connectivity index (χ4v) is 2.57. The van der Waals surface area contributed by atoms with Crippen LogP contribution in [0.25, 0.3) is 0 Å². The van der Waals surface area contributed by atoms with Crippen molar-refractivity contribution in [3.05, 3.63) is 64.1 Å². The molecule has 1 atom stereocenters. The number of hydrogen-bond donors (Lipinski definition) is 0. The van der Waals surface area contributed by atoms with Crippen LogP contribution < -0.4 is 4.74 Å². The third-order valence-electron chi connectivity index (χ3n) is 3.97. The molecule has 0 N–H and O–H groups in total. The molecule has 0 heterocycles. The number of ether oxygens (including phenoxy) is 1. The van der Waals surface area contributed by atoms with Gasteiger partial charge in [-0.25, -0.2) is 0 Å². The minimum absolute atomic E-state index is 0.349. The molecule has 21 heavy (non-hydrogen) atoms. The van der Waals surface area contributed by atoms with Gasteiger partial charge >= 0.3 is 0 Å². The summed E-state index contributed by atoms with van der Waals surface area (Å²) in [6, 6.07) is 16.8. The van der Waals surface area contributed by atoms with E-state index in [0.717, 1.165) is 22.2 Å². The molecule has 1 nitrogen and oxygen atoms in total. The molecular weight excluding hydrogens is 324 g/mol.